The molecule has 224 valence electrons. The van der Waals surface area contributed by atoms with E-state index in [2.05, 4.69) is 20.4 Å². The number of nitrogens with one attached hydrogen (secondary N) is 1. The first-order valence-electron chi connectivity index (χ1n) is 13.6. The van der Waals surface area contributed by atoms with Gasteiger partial charge in [0, 0.05) is 20.0 Å². The van der Waals surface area contributed by atoms with Crippen LogP contribution in [0.1, 0.15) is 66.1 Å². The summed E-state index contributed by atoms with van der Waals surface area (Å²) in [6.45, 7) is 1.67. The van der Waals surface area contributed by atoms with E-state index in [1.165, 1.54) is 52.3 Å². The molecule has 0 radical (unpaired) electrons. The minimum Gasteiger partial charge on any atom is -0.494 e. The first-order valence-corrected chi connectivity index (χ1v) is 13.6. The molecule has 2 aromatic rings. The van der Waals surface area contributed by atoms with Gasteiger partial charge in [0.25, 0.3) is 5.91 Å². The Morgan fingerprint density at radius 2 is 1.98 bits per heavy atom. The predicted molar refractivity (Wildman–Crippen MR) is 149 cm³/mol. The Balaban J connectivity index is 0.000000397. The van der Waals surface area contributed by atoms with Crippen molar-refractivity contribution in [2.75, 3.05) is 27.3 Å². The van der Waals surface area contributed by atoms with Gasteiger partial charge in [-0.15, -0.1) is 0 Å². The standard InChI is InChI=1S/C23H27FN4O3.C5H12N2O3/c1-14-26-18(19-12-21(31-28-19)16-6-4-3-5-7-16)11-20(27-14)23(29)25-13-15-8-9-17(24)22(10-15)30-2;1-7(5(6)10)2-4(9)3-8/h8-11,16,21H,3-7,12-13H2,1-2H3,(H,25,29);4,8-9H,2-3H2,1H3,(H2,6,10). The van der Waals surface area contributed by atoms with Gasteiger partial charge in [-0.05, 0) is 49.4 Å². The van der Waals surface area contributed by atoms with Gasteiger partial charge in [-0.1, -0.05) is 30.5 Å². The number of halogens is 1. The van der Waals surface area contributed by atoms with E-state index in [0.29, 0.717) is 23.9 Å². The number of aryl methyl sites for hydroxylation is 1. The molecule has 0 spiro atoms. The Morgan fingerprint density at radius 1 is 1.24 bits per heavy atom. The molecule has 2 aliphatic rings. The Bertz CT molecular complexity index is 1220. The number of amides is 3. The van der Waals surface area contributed by atoms with Crippen molar-refractivity contribution in [3.8, 4) is 5.75 Å². The van der Waals surface area contributed by atoms with E-state index in [4.69, 9.17) is 25.5 Å². The van der Waals surface area contributed by atoms with Gasteiger partial charge in [0.15, 0.2) is 11.6 Å². The summed E-state index contributed by atoms with van der Waals surface area (Å²) in [4.78, 5) is 38.6. The van der Waals surface area contributed by atoms with Crippen LogP contribution in [-0.2, 0) is 11.4 Å². The van der Waals surface area contributed by atoms with Crippen molar-refractivity contribution >= 4 is 17.6 Å². The highest BCUT2D eigenvalue weighted by molar-refractivity contribution is 6.01. The van der Waals surface area contributed by atoms with E-state index >= 15 is 0 Å². The fourth-order valence-corrected chi connectivity index (χ4v) is 4.69. The summed E-state index contributed by atoms with van der Waals surface area (Å²) in [5.41, 5.74) is 7.21. The molecule has 1 fully saturated rings. The zero-order chi connectivity index (χ0) is 29.9. The third kappa shape index (κ3) is 9.35. The monoisotopic (exact) mass is 574 g/mol. The van der Waals surface area contributed by atoms with Crippen molar-refractivity contribution in [3.05, 3.63) is 52.9 Å². The number of carbonyl (C=O) groups excluding carboxylic acids is 2. The van der Waals surface area contributed by atoms with Gasteiger partial charge in [0.05, 0.1) is 32.1 Å². The van der Waals surface area contributed by atoms with Crippen LogP contribution in [0.5, 0.6) is 5.75 Å². The number of methoxy groups -OCH3 is 1. The number of rotatable bonds is 9. The van der Waals surface area contributed by atoms with Crippen LogP contribution in [0.4, 0.5) is 9.18 Å². The largest absolute Gasteiger partial charge is 0.494 e. The number of hydrogen-bond donors (Lipinski definition) is 4. The quantitative estimate of drug-likeness (QED) is 0.353. The van der Waals surface area contributed by atoms with E-state index < -0.39 is 18.0 Å². The highest BCUT2D eigenvalue weighted by Gasteiger charge is 2.32. The molecule has 1 aromatic heterocycles. The van der Waals surface area contributed by atoms with Crippen LogP contribution in [0, 0.1) is 18.7 Å². The average Bonchev–Trinajstić information content (AvgIpc) is 3.47. The van der Waals surface area contributed by atoms with Gasteiger partial charge in [0.1, 0.15) is 23.3 Å². The van der Waals surface area contributed by atoms with Crippen LogP contribution in [-0.4, -0.2) is 82.2 Å². The van der Waals surface area contributed by atoms with Crippen molar-refractivity contribution in [1.29, 1.82) is 0 Å². The third-order valence-corrected chi connectivity index (χ3v) is 6.97. The number of hydrogen-bond acceptors (Lipinski definition) is 9. The number of aliphatic hydroxyl groups excluding tert-OH is 2. The molecule has 1 saturated carbocycles. The number of carbonyl (C=O) groups is 2. The van der Waals surface area contributed by atoms with Gasteiger partial charge in [-0.25, -0.2) is 19.2 Å². The van der Waals surface area contributed by atoms with Crippen molar-refractivity contribution in [3.63, 3.8) is 0 Å². The molecule has 2 unspecified atom stereocenters. The normalized spacial score (nSPS) is 17.4. The van der Waals surface area contributed by atoms with Gasteiger partial charge < -0.3 is 35.7 Å². The van der Waals surface area contributed by atoms with Crippen molar-refractivity contribution in [2.45, 2.75) is 64.2 Å². The van der Waals surface area contributed by atoms with Crippen LogP contribution in [0.15, 0.2) is 29.4 Å². The Kier molecular flexibility index (Phi) is 11.8. The SMILES string of the molecule is CN(CC(O)CO)C(N)=O.COc1cc(CNC(=O)c2cc(C3=NOC(C4CCCCC4)C3)nc(C)n2)ccc1F. The van der Waals surface area contributed by atoms with E-state index in [1.807, 2.05) is 0 Å². The second kappa shape index (κ2) is 15.2. The molecular formula is C28H39FN6O6. The highest BCUT2D eigenvalue weighted by Crippen LogP contribution is 2.32. The second-order valence-electron chi connectivity index (χ2n) is 10.2. The van der Waals surface area contributed by atoms with E-state index in [-0.39, 0.29) is 43.2 Å². The first kappa shape index (κ1) is 31.7. The molecule has 0 saturated heterocycles. The van der Waals surface area contributed by atoms with Gasteiger partial charge in [0.2, 0.25) is 0 Å². The van der Waals surface area contributed by atoms with Gasteiger partial charge in [-0.2, -0.15) is 0 Å². The third-order valence-electron chi connectivity index (χ3n) is 6.97. The number of aliphatic hydroxyl groups is 2. The van der Waals surface area contributed by atoms with Crippen molar-refractivity contribution < 1.29 is 33.8 Å². The summed E-state index contributed by atoms with van der Waals surface area (Å²) in [7, 11) is 2.85. The summed E-state index contributed by atoms with van der Waals surface area (Å²) in [5.74, 6) is 0.389. The van der Waals surface area contributed by atoms with Gasteiger partial charge in [-0.3, -0.25) is 4.79 Å². The van der Waals surface area contributed by atoms with Crippen LogP contribution in [0.3, 0.4) is 0 Å². The fourth-order valence-electron chi connectivity index (χ4n) is 4.69. The number of oxime groups is 1. The first-order chi connectivity index (χ1) is 19.6. The molecule has 12 nitrogen and oxygen atoms in total. The number of ether oxygens (including phenoxy) is 1. The van der Waals surface area contributed by atoms with E-state index in [1.54, 1.807) is 25.1 Å². The predicted octanol–water partition coefficient (Wildman–Crippen LogP) is 2.29. The van der Waals surface area contributed by atoms with Crippen LogP contribution in [0.2, 0.25) is 0 Å². The number of urea groups is 1. The smallest absolute Gasteiger partial charge is 0.314 e. The summed E-state index contributed by atoms with van der Waals surface area (Å²) in [5, 5.41) is 24.2. The zero-order valence-corrected chi connectivity index (χ0v) is 23.7. The Labute approximate surface area is 238 Å². The van der Waals surface area contributed by atoms with Crippen LogP contribution >= 0.6 is 0 Å². The lowest BCUT2D eigenvalue weighted by atomic mass is 9.83. The molecule has 1 aromatic carbocycles. The maximum Gasteiger partial charge on any atom is 0.314 e. The molecule has 3 amide bonds. The van der Waals surface area contributed by atoms with Crippen molar-refractivity contribution in [1.82, 2.24) is 20.2 Å². The number of benzene rings is 1. The van der Waals surface area contributed by atoms with E-state index in [9.17, 15) is 14.0 Å². The van der Waals surface area contributed by atoms with Crippen LogP contribution < -0.4 is 15.8 Å². The van der Waals surface area contributed by atoms with Gasteiger partial charge >= 0.3 is 6.03 Å². The Morgan fingerprint density at radius 3 is 2.63 bits per heavy atom. The molecule has 5 N–H and O–H groups in total. The molecule has 2 atom stereocenters. The molecular weight excluding hydrogens is 535 g/mol. The fraction of sp³-hybridized carbons (Fsp3) is 0.536. The lowest BCUT2D eigenvalue weighted by Gasteiger charge is -2.25. The Hall–Kier alpha value is -3.84. The topological polar surface area (TPSA) is 172 Å². The summed E-state index contributed by atoms with van der Waals surface area (Å²) < 4.78 is 18.6. The molecule has 1 aliphatic heterocycles. The number of nitrogens with zero attached hydrogens (tertiary/aromatic N) is 4. The molecule has 0 bridgehead atoms. The zero-order valence-electron chi connectivity index (χ0n) is 23.7. The van der Waals surface area contributed by atoms with Crippen molar-refractivity contribution in [2.24, 2.45) is 16.8 Å². The summed E-state index contributed by atoms with van der Waals surface area (Å²) >= 11 is 0. The molecule has 13 heteroatoms. The molecule has 41 heavy (non-hydrogen) atoms. The maximum absolute atomic E-state index is 13.6. The second-order valence-corrected chi connectivity index (χ2v) is 10.2. The highest BCUT2D eigenvalue weighted by atomic mass is 19.1. The number of likely N-dealkylation sites (N-methyl/N-ethyl adjacent to an activating group) is 1. The molecule has 2 heterocycles. The molecule has 4 rings (SSSR count). The number of aromatic nitrogens is 2. The van der Waals surface area contributed by atoms with E-state index in [0.717, 1.165) is 16.2 Å². The number of primary amides is 1. The lowest BCUT2D eigenvalue weighted by Crippen LogP contribution is -2.38. The lowest BCUT2D eigenvalue weighted by molar-refractivity contribution is 0.0268. The number of nitrogens with two attached hydrogens (primary N) is 1. The maximum atomic E-state index is 13.6. The van der Waals surface area contributed by atoms with Crippen LogP contribution in [0.25, 0.3) is 0 Å². The summed E-state index contributed by atoms with van der Waals surface area (Å²) in [6.07, 6.45) is 6.04. The average molecular weight is 575 g/mol. The summed E-state index contributed by atoms with van der Waals surface area (Å²) in [6, 6.07) is 5.51. The molecule has 1 aliphatic carbocycles. The minimum atomic E-state index is -0.905. The minimum absolute atomic E-state index is 0.0613.